The minimum absolute atomic E-state index is 0.517. The van der Waals surface area contributed by atoms with Gasteiger partial charge in [0.2, 0.25) is 0 Å². The van der Waals surface area contributed by atoms with Crippen LogP contribution in [0.4, 0.5) is 0 Å². The zero-order chi connectivity index (χ0) is 5.82. The van der Waals surface area contributed by atoms with Gasteiger partial charge in [-0.05, 0) is 6.08 Å². The first-order valence-electron chi connectivity index (χ1n) is 2.11. The second-order valence-electron chi connectivity index (χ2n) is 1.25. The summed E-state index contributed by atoms with van der Waals surface area (Å²) in [6, 6.07) is 1.91. The van der Waals surface area contributed by atoms with E-state index in [1.54, 1.807) is 12.3 Å². The molecule has 1 aliphatic rings. The predicted molar refractivity (Wildman–Crippen MR) is 27.1 cm³/mol. The number of hydrogen-bond acceptors (Lipinski definition) is 3. The van der Waals surface area contributed by atoms with Crippen LogP contribution in [0.2, 0.25) is 0 Å². The van der Waals surface area contributed by atoms with Crippen molar-refractivity contribution in [2.24, 2.45) is 0 Å². The maximum Gasteiger partial charge on any atom is 0.136 e. The van der Waals surface area contributed by atoms with E-state index in [4.69, 9.17) is 5.26 Å². The Kier molecular flexibility index (Phi) is 1.20. The highest BCUT2D eigenvalue weighted by atomic mass is 16.6. The largest absolute Gasteiger partial charge is 0.389 e. The number of hydroxylamine groups is 1. The molecule has 0 saturated heterocycles. The highest BCUT2D eigenvalue weighted by molar-refractivity contribution is 5.31. The normalized spacial score (nSPS) is 15.1. The van der Waals surface area contributed by atoms with E-state index in [9.17, 15) is 0 Å². The summed E-state index contributed by atoms with van der Waals surface area (Å²) in [5, 5.41) is 8.21. The second-order valence-corrected chi connectivity index (χ2v) is 1.25. The Labute approximate surface area is 46.8 Å². The molecule has 40 valence electrons. The van der Waals surface area contributed by atoms with E-state index in [0.717, 1.165) is 0 Å². The van der Waals surface area contributed by atoms with Crippen molar-refractivity contribution in [1.29, 1.82) is 5.26 Å². The summed E-state index contributed by atoms with van der Waals surface area (Å²) < 4.78 is 0. The average Bonchev–Trinajstić information content (AvgIpc) is 1.90. The molecule has 1 heterocycles. The van der Waals surface area contributed by atoms with Crippen LogP contribution in [0.15, 0.2) is 24.1 Å². The van der Waals surface area contributed by atoms with Crippen molar-refractivity contribution >= 4 is 0 Å². The topological polar surface area (TPSA) is 45.0 Å². The first-order valence-corrected chi connectivity index (χ1v) is 2.11. The van der Waals surface area contributed by atoms with Gasteiger partial charge in [-0.15, -0.1) is 0 Å². The summed E-state index contributed by atoms with van der Waals surface area (Å²) in [6.45, 7) is 0. The first-order chi connectivity index (χ1) is 3.93. The van der Waals surface area contributed by atoms with Gasteiger partial charge < -0.3 is 4.84 Å². The van der Waals surface area contributed by atoms with Crippen LogP contribution < -0.4 is 5.48 Å². The lowest BCUT2D eigenvalue weighted by Gasteiger charge is -2.01. The van der Waals surface area contributed by atoms with Crippen molar-refractivity contribution in [2.45, 2.75) is 0 Å². The number of allylic oxidation sites excluding steroid dienone is 2. The third-order valence-electron chi connectivity index (χ3n) is 0.714. The zero-order valence-electron chi connectivity index (χ0n) is 4.09. The molecule has 3 nitrogen and oxygen atoms in total. The number of nitriles is 1. The molecular weight excluding hydrogens is 104 g/mol. The quantitative estimate of drug-likeness (QED) is 0.489. The van der Waals surface area contributed by atoms with E-state index >= 15 is 0 Å². The Hall–Kier alpha value is -1.43. The highest BCUT2D eigenvalue weighted by Crippen LogP contribution is 1.96. The van der Waals surface area contributed by atoms with Gasteiger partial charge in [-0.3, -0.25) is 0 Å². The Balaban J connectivity index is 2.68. The Bertz CT molecular complexity index is 175. The lowest BCUT2D eigenvalue weighted by Crippen LogP contribution is -2.04. The van der Waals surface area contributed by atoms with Crippen molar-refractivity contribution in [2.75, 3.05) is 0 Å². The van der Waals surface area contributed by atoms with Crippen LogP contribution in [-0.2, 0) is 4.84 Å². The molecule has 0 saturated carbocycles. The molecule has 0 spiro atoms. The minimum atomic E-state index is 0.517. The fourth-order valence-electron chi connectivity index (χ4n) is 0.363. The van der Waals surface area contributed by atoms with Gasteiger partial charge in [0.1, 0.15) is 12.3 Å². The summed E-state index contributed by atoms with van der Waals surface area (Å²) >= 11 is 0. The molecule has 0 aromatic carbocycles. The van der Waals surface area contributed by atoms with Crippen LogP contribution in [0.25, 0.3) is 0 Å². The van der Waals surface area contributed by atoms with Crippen molar-refractivity contribution in [3.05, 3.63) is 24.1 Å². The molecule has 0 unspecified atom stereocenters. The Morgan fingerprint density at radius 2 is 2.62 bits per heavy atom. The minimum Gasteiger partial charge on any atom is -0.389 e. The van der Waals surface area contributed by atoms with Gasteiger partial charge in [-0.2, -0.15) is 5.26 Å². The number of hydrogen-bond donors (Lipinski definition) is 1. The predicted octanol–water partition coefficient (Wildman–Crippen LogP) is 0.442. The smallest absolute Gasteiger partial charge is 0.136 e. The van der Waals surface area contributed by atoms with Gasteiger partial charge in [0.05, 0.1) is 5.57 Å². The van der Waals surface area contributed by atoms with E-state index in [1.807, 2.05) is 6.07 Å². The third-order valence-corrected chi connectivity index (χ3v) is 0.714. The molecule has 0 radical (unpaired) electrons. The Morgan fingerprint density at radius 1 is 1.75 bits per heavy atom. The molecule has 1 N–H and O–H groups in total. The summed E-state index contributed by atoms with van der Waals surface area (Å²) in [5.74, 6) is 0. The highest BCUT2D eigenvalue weighted by Gasteiger charge is 1.91. The molecule has 1 rings (SSSR count). The third kappa shape index (κ3) is 0.793. The Morgan fingerprint density at radius 3 is 3.00 bits per heavy atom. The molecule has 0 aromatic heterocycles. The maximum atomic E-state index is 8.21. The molecule has 0 fully saturated rings. The van der Waals surface area contributed by atoms with Gasteiger partial charge in [-0.1, -0.05) is 0 Å². The number of nitrogens with one attached hydrogen (secondary N) is 1. The molecule has 3 heteroatoms. The SMILES string of the molecule is N#CC1=CONC=C1. The first kappa shape index (κ1) is 4.72. The van der Waals surface area contributed by atoms with E-state index < -0.39 is 0 Å². The standard InChI is InChI=1S/C5H4N2O/c6-3-5-1-2-7-8-4-5/h1-2,4,7H. The number of nitrogens with zero attached hydrogens (tertiary/aromatic N) is 1. The van der Waals surface area contributed by atoms with Gasteiger partial charge >= 0.3 is 0 Å². The van der Waals surface area contributed by atoms with Crippen LogP contribution in [0.3, 0.4) is 0 Å². The summed E-state index contributed by atoms with van der Waals surface area (Å²) in [6.07, 6.45) is 4.53. The fourth-order valence-corrected chi connectivity index (χ4v) is 0.363. The van der Waals surface area contributed by atoms with Crippen molar-refractivity contribution in [3.8, 4) is 6.07 Å². The molecule has 8 heavy (non-hydrogen) atoms. The molecule has 0 atom stereocenters. The molecule has 0 amide bonds. The average molecular weight is 108 g/mol. The molecule has 1 aliphatic heterocycles. The summed E-state index contributed by atoms with van der Waals surface area (Å²) in [7, 11) is 0. The molecular formula is C5H4N2O. The summed E-state index contributed by atoms with van der Waals surface area (Å²) in [4.78, 5) is 4.55. The monoisotopic (exact) mass is 108 g/mol. The van der Waals surface area contributed by atoms with E-state index in [0.29, 0.717) is 5.57 Å². The van der Waals surface area contributed by atoms with E-state index in [1.165, 1.54) is 6.26 Å². The van der Waals surface area contributed by atoms with Crippen LogP contribution in [0.5, 0.6) is 0 Å². The summed E-state index contributed by atoms with van der Waals surface area (Å²) in [5.41, 5.74) is 2.96. The van der Waals surface area contributed by atoms with Crippen molar-refractivity contribution in [3.63, 3.8) is 0 Å². The van der Waals surface area contributed by atoms with Crippen LogP contribution in [0.1, 0.15) is 0 Å². The van der Waals surface area contributed by atoms with E-state index in [2.05, 4.69) is 10.3 Å². The number of rotatable bonds is 0. The second kappa shape index (κ2) is 2.03. The lowest BCUT2D eigenvalue weighted by atomic mass is 10.3. The zero-order valence-corrected chi connectivity index (χ0v) is 4.09. The van der Waals surface area contributed by atoms with Gasteiger partial charge in [0.25, 0.3) is 0 Å². The lowest BCUT2D eigenvalue weighted by molar-refractivity contribution is 0.170. The van der Waals surface area contributed by atoms with Gasteiger partial charge in [0.15, 0.2) is 0 Å². The van der Waals surface area contributed by atoms with Crippen molar-refractivity contribution < 1.29 is 4.84 Å². The van der Waals surface area contributed by atoms with Crippen LogP contribution in [0, 0.1) is 11.3 Å². The molecule has 0 aromatic rings. The van der Waals surface area contributed by atoms with Crippen LogP contribution in [-0.4, -0.2) is 0 Å². The van der Waals surface area contributed by atoms with Gasteiger partial charge in [0, 0.05) is 6.20 Å². The van der Waals surface area contributed by atoms with Gasteiger partial charge in [-0.25, -0.2) is 5.48 Å². The van der Waals surface area contributed by atoms with Crippen LogP contribution >= 0.6 is 0 Å². The fraction of sp³-hybridized carbons (Fsp3) is 0. The molecule has 0 bridgehead atoms. The molecule has 0 aliphatic carbocycles. The van der Waals surface area contributed by atoms with Crippen molar-refractivity contribution in [1.82, 2.24) is 5.48 Å². The maximum absolute atomic E-state index is 8.21. The van der Waals surface area contributed by atoms with E-state index in [-0.39, 0.29) is 0 Å².